The Morgan fingerprint density at radius 2 is 2.06 bits per heavy atom. The summed E-state index contributed by atoms with van der Waals surface area (Å²) >= 11 is 0. The van der Waals surface area contributed by atoms with E-state index in [9.17, 15) is 26.4 Å². The molecular formula is C8H10F3N3O3S. The molecule has 0 unspecified atom stereocenters. The molecule has 0 aromatic carbocycles. The van der Waals surface area contributed by atoms with Crippen LogP contribution in [0.4, 0.5) is 13.2 Å². The molecule has 0 fully saturated rings. The summed E-state index contributed by atoms with van der Waals surface area (Å²) in [5.74, 6) is -0.839. The van der Waals surface area contributed by atoms with Crippen molar-refractivity contribution >= 4 is 15.9 Å². The van der Waals surface area contributed by atoms with Crippen LogP contribution in [-0.2, 0) is 10.0 Å². The van der Waals surface area contributed by atoms with Crippen molar-refractivity contribution in [1.29, 1.82) is 0 Å². The number of hydrogen-bond acceptors (Lipinski definition) is 3. The van der Waals surface area contributed by atoms with Crippen LogP contribution in [0.5, 0.6) is 0 Å². The predicted octanol–water partition coefficient (Wildman–Crippen LogP) is 0.344. The van der Waals surface area contributed by atoms with E-state index >= 15 is 0 Å². The standard InChI is InChI=1S/C8H10F3N3O3S/c9-8(10,11)1-2-13-7(15)6-3-5(4-14-6)18(12,16)17/h3-4,14H,1-2H2,(H,13,15)(H2,12,16,17). The monoisotopic (exact) mass is 285 g/mol. The maximum atomic E-state index is 11.8. The summed E-state index contributed by atoms with van der Waals surface area (Å²) in [7, 11) is -3.95. The summed E-state index contributed by atoms with van der Waals surface area (Å²) in [6.45, 7) is -0.591. The zero-order valence-corrected chi connectivity index (χ0v) is 9.73. The number of carbonyl (C=O) groups is 1. The third-order valence-electron chi connectivity index (χ3n) is 1.92. The predicted molar refractivity (Wildman–Crippen MR) is 55.2 cm³/mol. The highest BCUT2D eigenvalue weighted by atomic mass is 32.2. The highest BCUT2D eigenvalue weighted by Gasteiger charge is 2.26. The van der Waals surface area contributed by atoms with Gasteiger partial charge in [-0.2, -0.15) is 13.2 Å². The van der Waals surface area contributed by atoms with Gasteiger partial charge in [-0.15, -0.1) is 0 Å². The molecule has 0 aliphatic heterocycles. The lowest BCUT2D eigenvalue weighted by molar-refractivity contribution is -0.132. The van der Waals surface area contributed by atoms with Gasteiger partial charge in [0.15, 0.2) is 0 Å². The van der Waals surface area contributed by atoms with E-state index in [4.69, 9.17) is 5.14 Å². The minimum atomic E-state index is -4.37. The fourth-order valence-electron chi connectivity index (χ4n) is 1.08. The number of H-pyrrole nitrogens is 1. The average molecular weight is 285 g/mol. The molecule has 0 saturated carbocycles. The van der Waals surface area contributed by atoms with Gasteiger partial charge in [0, 0.05) is 12.7 Å². The Balaban J connectivity index is 2.61. The first-order valence-electron chi connectivity index (χ1n) is 4.66. The Hall–Kier alpha value is -1.55. The van der Waals surface area contributed by atoms with Crippen molar-refractivity contribution in [3.8, 4) is 0 Å². The van der Waals surface area contributed by atoms with Crippen molar-refractivity contribution in [2.24, 2.45) is 5.14 Å². The molecule has 0 atom stereocenters. The van der Waals surface area contributed by atoms with Gasteiger partial charge in [0.25, 0.3) is 5.91 Å². The second-order valence-corrected chi connectivity index (χ2v) is 4.98. The molecule has 4 N–H and O–H groups in total. The molecule has 6 nitrogen and oxygen atoms in total. The van der Waals surface area contributed by atoms with Gasteiger partial charge < -0.3 is 10.3 Å². The quantitative estimate of drug-likeness (QED) is 0.743. The molecule has 0 bridgehead atoms. The summed E-state index contributed by atoms with van der Waals surface area (Å²) < 4.78 is 57.2. The SMILES string of the molecule is NS(=O)(=O)c1c[nH]c(C(=O)NCCC(F)(F)F)c1. The normalized spacial score (nSPS) is 12.4. The molecule has 0 radical (unpaired) electrons. The maximum absolute atomic E-state index is 11.8. The van der Waals surface area contributed by atoms with E-state index in [0.717, 1.165) is 12.3 Å². The summed E-state index contributed by atoms with van der Waals surface area (Å²) in [6.07, 6.45) is -4.55. The first-order chi connectivity index (χ1) is 8.09. The highest BCUT2D eigenvalue weighted by Crippen LogP contribution is 2.18. The van der Waals surface area contributed by atoms with Crippen LogP contribution in [-0.4, -0.2) is 32.0 Å². The van der Waals surface area contributed by atoms with E-state index < -0.39 is 35.1 Å². The molecule has 0 saturated heterocycles. The van der Waals surface area contributed by atoms with E-state index in [1.807, 2.05) is 5.32 Å². The Morgan fingerprint density at radius 1 is 1.44 bits per heavy atom. The second kappa shape index (κ2) is 4.98. The second-order valence-electron chi connectivity index (χ2n) is 3.42. The first kappa shape index (κ1) is 14.5. The number of carbonyl (C=O) groups excluding carboxylic acids is 1. The molecule has 1 aromatic rings. The Morgan fingerprint density at radius 3 is 2.50 bits per heavy atom. The number of primary sulfonamides is 1. The number of aromatic amines is 1. The van der Waals surface area contributed by atoms with Gasteiger partial charge in [0.2, 0.25) is 10.0 Å². The van der Waals surface area contributed by atoms with Crippen molar-refractivity contribution < 1.29 is 26.4 Å². The van der Waals surface area contributed by atoms with Gasteiger partial charge in [0.1, 0.15) is 5.69 Å². The lowest BCUT2D eigenvalue weighted by Crippen LogP contribution is -2.28. The number of nitrogens with two attached hydrogens (primary N) is 1. The zero-order valence-electron chi connectivity index (χ0n) is 8.91. The third-order valence-corrected chi connectivity index (χ3v) is 2.82. The largest absolute Gasteiger partial charge is 0.390 e. The Kier molecular flexibility index (Phi) is 4.02. The molecule has 102 valence electrons. The molecule has 1 aromatic heterocycles. The summed E-state index contributed by atoms with van der Waals surface area (Å²) in [5, 5.41) is 6.79. The van der Waals surface area contributed by atoms with Crippen LogP contribution >= 0.6 is 0 Å². The van der Waals surface area contributed by atoms with E-state index in [1.54, 1.807) is 0 Å². The smallest absolute Gasteiger partial charge is 0.356 e. The molecule has 0 aliphatic carbocycles. The number of amides is 1. The van der Waals surface area contributed by atoms with Gasteiger partial charge in [-0.25, -0.2) is 13.6 Å². The summed E-state index contributed by atoms with van der Waals surface area (Å²) in [4.78, 5) is 13.3. The van der Waals surface area contributed by atoms with Crippen molar-refractivity contribution in [1.82, 2.24) is 10.3 Å². The van der Waals surface area contributed by atoms with Crippen molar-refractivity contribution in [2.75, 3.05) is 6.54 Å². The summed E-state index contributed by atoms with van der Waals surface area (Å²) in [6, 6.07) is 0.943. The topological polar surface area (TPSA) is 105 Å². The van der Waals surface area contributed by atoms with Gasteiger partial charge >= 0.3 is 6.18 Å². The minimum absolute atomic E-state index is 0.179. The third kappa shape index (κ3) is 4.37. The maximum Gasteiger partial charge on any atom is 0.390 e. The molecule has 0 spiro atoms. The molecule has 10 heteroatoms. The van der Waals surface area contributed by atoms with Gasteiger partial charge in [0.05, 0.1) is 11.3 Å². The van der Waals surface area contributed by atoms with Crippen molar-refractivity contribution in [2.45, 2.75) is 17.5 Å². The number of aromatic nitrogens is 1. The van der Waals surface area contributed by atoms with Crippen LogP contribution in [0.15, 0.2) is 17.2 Å². The highest BCUT2D eigenvalue weighted by molar-refractivity contribution is 7.89. The van der Waals surface area contributed by atoms with Gasteiger partial charge in [-0.3, -0.25) is 4.79 Å². The van der Waals surface area contributed by atoms with E-state index in [2.05, 4.69) is 4.98 Å². The average Bonchev–Trinajstić information content (AvgIpc) is 2.62. The number of hydrogen-bond donors (Lipinski definition) is 3. The minimum Gasteiger partial charge on any atom is -0.356 e. The van der Waals surface area contributed by atoms with Crippen LogP contribution in [0.25, 0.3) is 0 Å². The van der Waals surface area contributed by atoms with Crippen LogP contribution in [0.2, 0.25) is 0 Å². The fourth-order valence-corrected chi connectivity index (χ4v) is 1.59. The zero-order chi connectivity index (χ0) is 14.0. The van der Waals surface area contributed by atoms with E-state index in [1.165, 1.54) is 0 Å². The number of sulfonamides is 1. The molecule has 0 aliphatic rings. The lowest BCUT2D eigenvalue weighted by Gasteiger charge is -2.06. The Bertz CT molecular complexity index is 535. The number of halogens is 3. The van der Waals surface area contributed by atoms with Crippen molar-refractivity contribution in [3.05, 3.63) is 18.0 Å². The van der Waals surface area contributed by atoms with Crippen LogP contribution in [0, 0.1) is 0 Å². The van der Waals surface area contributed by atoms with Crippen molar-refractivity contribution in [3.63, 3.8) is 0 Å². The summed E-state index contributed by atoms with van der Waals surface area (Å²) in [5.41, 5.74) is -0.179. The lowest BCUT2D eigenvalue weighted by atomic mass is 10.3. The van der Waals surface area contributed by atoms with Gasteiger partial charge in [-0.05, 0) is 6.07 Å². The van der Waals surface area contributed by atoms with Gasteiger partial charge in [-0.1, -0.05) is 0 Å². The molecule has 18 heavy (non-hydrogen) atoms. The van der Waals surface area contributed by atoms with E-state index in [-0.39, 0.29) is 10.6 Å². The van der Waals surface area contributed by atoms with Crippen LogP contribution in [0.3, 0.4) is 0 Å². The van der Waals surface area contributed by atoms with Crippen LogP contribution < -0.4 is 10.5 Å². The number of rotatable bonds is 4. The molecule has 1 amide bonds. The fraction of sp³-hybridized carbons (Fsp3) is 0.375. The molecule has 1 rings (SSSR count). The Labute approximate surface area is 100 Å². The first-order valence-corrected chi connectivity index (χ1v) is 6.20. The number of alkyl halides is 3. The van der Waals surface area contributed by atoms with E-state index in [0.29, 0.717) is 0 Å². The van der Waals surface area contributed by atoms with Crippen LogP contribution in [0.1, 0.15) is 16.9 Å². The molecule has 1 heterocycles. The number of nitrogens with one attached hydrogen (secondary N) is 2. The molecular weight excluding hydrogens is 275 g/mol.